The van der Waals surface area contributed by atoms with Crippen molar-refractivity contribution < 1.29 is 9.53 Å². The molecule has 1 aliphatic heterocycles. The zero-order chi connectivity index (χ0) is 19.1. The van der Waals surface area contributed by atoms with E-state index in [0.29, 0.717) is 6.54 Å². The predicted octanol–water partition coefficient (Wildman–Crippen LogP) is 4.15. The Kier molecular flexibility index (Phi) is 7.95. The van der Waals surface area contributed by atoms with Gasteiger partial charge >= 0.3 is 0 Å². The molecule has 146 valence electrons. The lowest BCUT2D eigenvalue weighted by Crippen LogP contribution is -2.41. The van der Waals surface area contributed by atoms with E-state index in [9.17, 15) is 4.79 Å². The van der Waals surface area contributed by atoms with Crippen molar-refractivity contribution >= 4 is 5.91 Å². The van der Waals surface area contributed by atoms with E-state index in [1.165, 1.54) is 37.8 Å². The second kappa shape index (κ2) is 9.96. The van der Waals surface area contributed by atoms with E-state index in [1.54, 1.807) is 0 Å². The van der Waals surface area contributed by atoms with Gasteiger partial charge in [-0.2, -0.15) is 0 Å². The summed E-state index contributed by atoms with van der Waals surface area (Å²) in [7, 11) is 0. The molecule has 1 aromatic rings. The maximum absolute atomic E-state index is 12.4. The molecular weight excluding hydrogens is 324 g/mol. The van der Waals surface area contributed by atoms with Crippen molar-refractivity contribution in [3.05, 3.63) is 28.8 Å². The molecule has 1 aromatic carbocycles. The van der Waals surface area contributed by atoms with Crippen molar-refractivity contribution in [3.8, 4) is 5.75 Å². The molecule has 26 heavy (non-hydrogen) atoms. The summed E-state index contributed by atoms with van der Waals surface area (Å²) in [6.07, 6.45) is 5.74. The number of hydrogen-bond acceptors (Lipinski definition) is 3. The van der Waals surface area contributed by atoms with Crippen molar-refractivity contribution in [1.82, 2.24) is 10.2 Å². The summed E-state index contributed by atoms with van der Waals surface area (Å²) in [5, 5.41) is 3.03. The van der Waals surface area contributed by atoms with Gasteiger partial charge in [-0.15, -0.1) is 0 Å². The van der Waals surface area contributed by atoms with Gasteiger partial charge in [-0.1, -0.05) is 19.4 Å². The normalized spacial score (nSPS) is 19.2. The van der Waals surface area contributed by atoms with Gasteiger partial charge in [0.2, 0.25) is 0 Å². The first-order chi connectivity index (χ1) is 12.4. The highest BCUT2D eigenvalue weighted by molar-refractivity contribution is 5.80. The van der Waals surface area contributed by atoms with Crippen LogP contribution >= 0.6 is 0 Å². The maximum Gasteiger partial charge on any atom is 0.260 e. The molecule has 0 aromatic heterocycles. The molecule has 4 nitrogen and oxygen atoms in total. The summed E-state index contributed by atoms with van der Waals surface area (Å²) in [5.41, 5.74) is 3.45. The van der Waals surface area contributed by atoms with E-state index in [4.69, 9.17) is 4.74 Å². The second-order valence-corrected chi connectivity index (χ2v) is 7.70. The minimum absolute atomic E-state index is 0.0331. The predicted molar refractivity (Wildman–Crippen MR) is 108 cm³/mol. The van der Waals surface area contributed by atoms with Gasteiger partial charge in [0.25, 0.3) is 5.91 Å². The number of carbonyl (C=O) groups is 1. The Balaban J connectivity index is 1.75. The van der Waals surface area contributed by atoms with Crippen LogP contribution in [0.2, 0.25) is 0 Å². The molecule has 4 heteroatoms. The van der Waals surface area contributed by atoms with Crippen LogP contribution in [0.3, 0.4) is 0 Å². The molecule has 1 N–H and O–H groups in total. The molecule has 2 rings (SSSR count). The van der Waals surface area contributed by atoms with Crippen LogP contribution in [0.5, 0.6) is 5.75 Å². The van der Waals surface area contributed by atoms with Crippen molar-refractivity contribution in [2.45, 2.75) is 78.9 Å². The standard InChI is InChI=1S/C22H36N2O2/c1-6-20-10-7-8-12-24(20)13-9-11-23-22(25)19(5)26-21-15-16(2)14-17(3)18(21)4/h14-15,19-20H,6-13H2,1-5H3,(H,23,25)/t19-,20-/m1/s1. The molecule has 0 saturated carbocycles. The van der Waals surface area contributed by atoms with Gasteiger partial charge in [-0.3, -0.25) is 4.79 Å². The van der Waals surface area contributed by atoms with Gasteiger partial charge in [0.1, 0.15) is 5.75 Å². The molecule has 1 aliphatic rings. The highest BCUT2D eigenvalue weighted by Gasteiger charge is 2.20. The third kappa shape index (κ3) is 5.73. The zero-order valence-electron chi connectivity index (χ0n) is 17.2. The number of hydrogen-bond donors (Lipinski definition) is 1. The molecule has 1 saturated heterocycles. The van der Waals surface area contributed by atoms with Gasteiger partial charge < -0.3 is 15.0 Å². The SMILES string of the molecule is CC[C@@H]1CCCCN1CCCNC(=O)[C@@H](C)Oc1cc(C)cc(C)c1C. The molecule has 2 atom stereocenters. The first-order valence-corrected chi connectivity index (χ1v) is 10.2. The highest BCUT2D eigenvalue weighted by atomic mass is 16.5. The lowest BCUT2D eigenvalue weighted by atomic mass is 10.00. The van der Waals surface area contributed by atoms with E-state index in [-0.39, 0.29) is 5.91 Å². The Morgan fingerprint density at radius 3 is 2.81 bits per heavy atom. The largest absolute Gasteiger partial charge is 0.481 e. The van der Waals surface area contributed by atoms with Crippen LogP contribution in [0, 0.1) is 20.8 Å². The molecule has 0 radical (unpaired) electrons. The van der Waals surface area contributed by atoms with Crippen LogP contribution < -0.4 is 10.1 Å². The lowest BCUT2D eigenvalue weighted by Gasteiger charge is -2.35. The van der Waals surface area contributed by atoms with Crippen molar-refractivity contribution in [1.29, 1.82) is 0 Å². The third-order valence-electron chi connectivity index (χ3n) is 5.58. The van der Waals surface area contributed by atoms with E-state index in [0.717, 1.165) is 35.9 Å². The summed E-state index contributed by atoms with van der Waals surface area (Å²) in [4.78, 5) is 14.9. The maximum atomic E-state index is 12.4. The van der Waals surface area contributed by atoms with E-state index in [2.05, 4.69) is 30.1 Å². The molecule has 0 bridgehead atoms. The molecule has 1 amide bonds. The number of aryl methyl sites for hydroxylation is 2. The minimum atomic E-state index is -0.478. The fraction of sp³-hybridized carbons (Fsp3) is 0.682. The number of carbonyl (C=O) groups excluding carboxylic acids is 1. The number of amides is 1. The van der Waals surface area contributed by atoms with Crippen molar-refractivity contribution in [2.75, 3.05) is 19.6 Å². The Labute approximate surface area is 159 Å². The molecule has 0 aliphatic carbocycles. The number of rotatable bonds is 8. The number of benzene rings is 1. The average Bonchev–Trinajstić information content (AvgIpc) is 2.62. The number of nitrogens with one attached hydrogen (secondary N) is 1. The molecule has 0 unspecified atom stereocenters. The minimum Gasteiger partial charge on any atom is -0.481 e. The van der Waals surface area contributed by atoms with Crippen LogP contribution in [-0.2, 0) is 4.79 Å². The van der Waals surface area contributed by atoms with Crippen LogP contribution in [-0.4, -0.2) is 42.6 Å². The Morgan fingerprint density at radius 1 is 1.31 bits per heavy atom. The first-order valence-electron chi connectivity index (χ1n) is 10.2. The van der Waals surface area contributed by atoms with Gasteiger partial charge in [-0.25, -0.2) is 0 Å². The highest BCUT2D eigenvalue weighted by Crippen LogP contribution is 2.24. The molecule has 1 fully saturated rings. The van der Waals surface area contributed by atoms with Gasteiger partial charge in [0.15, 0.2) is 6.10 Å². The Hall–Kier alpha value is -1.55. The fourth-order valence-corrected chi connectivity index (χ4v) is 3.82. The second-order valence-electron chi connectivity index (χ2n) is 7.70. The number of piperidine rings is 1. The van der Waals surface area contributed by atoms with Crippen molar-refractivity contribution in [3.63, 3.8) is 0 Å². The summed E-state index contributed by atoms with van der Waals surface area (Å²) in [5.74, 6) is 0.776. The zero-order valence-corrected chi connectivity index (χ0v) is 17.2. The topological polar surface area (TPSA) is 41.6 Å². The van der Waals surface area contributed by atoms with Crippen LogP contribution in [0.4, 0.5) is 0 Å². The summed E-state index contributed by atoms with van der Waals surface area (Å²) < 4.78 is 5.93. The van der Waals surface area contributed by atoms with Gasteiger partial charge in [0, 0.05) is 19.1 Å². The van der Waals surface area contributed by atoms with E-state index < -0.39 is 6.10 Å². The summed E-state index contributed by atoms with van der Waals surface area (Å²) in [6.45, 7) is 13.3. The molecule has 1 heterocycles. The van der Waals surface area contributed by atoms with Crippen LogP contribution in [0.15, 0.2) is 12.1 Å². The first kappa shape index (κ1) is 20.8. The molecule has 0 spiro atoms. The number of likely N-dealkylation sites (tertiary alicyclic amines) is 1. The summed E-state index contributed by atoms with van der Waals surface area (Å²) in [6, 6.07) is 4.87. The van der Waals surface area contributed by atoms with E-state index in [1.807, 2.05) is 26.8 Å². The average molecular weight is 361 g/mol. The monoisotopic (exact) mass is 360 g/mol. The van der Waals surface area contributed by atoms with Gasteiger partial charge in [0.05, 0.1) is 0 Å². The van der Waals surface area contributed by atoms with Gasteiger partial charge in [-0.05, 0) is 82.7 Å². The Morgan fingerprint density at radius 2 is 2.08 bits per heavy atom. The number of nitrogens with zero attached hydrogens (tertiary/aromatic N) is 1. The smallest absolute Gasteiger partial charge is 0.260 e. The van der Waals surface area contributed by atoms with Crippen molar-refractivity contribution in [2.24, 2.45) is 0 Å². The third-order valence-corrected chi connectivity index (χ3v) is 5.58. The quantitative estimate of drug-likeness (QED) is 0.708. The lowest BCUT2D eigenvalue weighted by molar-refractivity contribution is -0.127. The Bertz CT molecular complexity index is 600. The van der Waals surface area contributed by atoms with Crippen LogP contribution in [0.1, 0.15) is 62.6 Å². The number of ether oxygens (including phenoxy) is 1. The molecular formula is C22H36N2O2. The summed E-state index contributed by atoms with van der Waals surface area (Å²) >= 11 is 0. The van der Waals surface area contributed by atoms with E-state index >= 15 is 0 Å². The van der Waals surface area contributed by atoms with Crippen LogP contribution in [0.25, 0.3) is 0 Å². The fourth-order valence-electron chi connectivity index (χ4n) is 3.82.